The second-order valence-corrected chi connectivity index (χ2v) is 7.26. The zero-order valence-electron chi connectivity index (χ0n) is 16.0. The first-order valence-electron chi connectivity index (χ1n) is 9.32. The lowest BCUT2D eigenvalue weighted by Crippen LogP contribution is -2.47. The van der Waals surface area contributed by atoms with Gasteiger partial charge in [-0.25, -0.2) is 9.37 Å². The van der Waals surface area contributed by atoms with E-state index in [1.54, 1.807) is 24.3 Å². The van der Waals surface area contributed by atoms with Crippen LogP contribution in [0.1, 0.15) is 5.56 Å². The molecule has 3 aromatic rings. The van der Waals surface area contributed by atoms with Crippen molar-refractivity contribution in [2.75, 3.05) is 41.7 Å². The quantitative estimate of drug-likeness (QED) is 0.688. The van der Waals surface area contributed by atoms with Crippen molar-refractivity contribution in [1.29, 1.82) is 0 Å². The lowest BCUT2D eigenvalue weighted by atomic mass is 10.2. The van der Waals surface area contributed by atoms with Gasteiger partial charge >= 0.3 is 0 Å². The summed E-state index contributed by atoms with van der Waals surface area (Å²) in [5, 5.41) is 0.668. The molecule has 1 aliphatic rings. The van der Waals surface area contributed by atoms with Gasteiger partial charge in [0, 0.05) is 31.2 Å². The van der Waals surface area contributed by atoms with Gasteiger partial charge < -0.3 is 20.3 Å². The van der Waals surface area contributed by atoms with Gasteiger partial charge in [-0.1, -0.05) is 23.7 Å². The van der Waals surface area contributed by atoms with E-state index in [4.69, 9.17) is 22.1 Å². The van der Waals surface area contributed by atoms with Crippen molar-refractivity contribution in [3.63, 3.8) is 0 Å². The van der Waals surface area contributed by atoms with Crippen molar-refractivity contribution in [3.8, 4) is 11.6 Å². The average Bonchev–Trinajstić information content (AvgIpc) is 2.73. The second kappa shape index (κ2) is 8.13. The van der Waals surface area contributed by atoms with Crippen LogP contribution in [0.4, 0.5) is 21.6 Å². The fourth-order valence-corrected chi connectivity index (χ4v) is 3.48. The van der Waals surface area contributed by atoms with Crippen molar-refractivity contribution in [3.05, 3.63) is 65.2 Å². The van der Waals surface area contributed by atoms with Crippen LogP contribution in [0.3, 0.4) is 0 Å². The maximum atomic E-state index is 14.1. The molecule has 0 saturated carbocycles. The Morgan fingerprint density at radius 2 is 1.76 bits per heavy atom. The number of anilines is 3. The number of hydrogen-bond acceptors (Lipinski definition) is 6. The fraction of sp³-hybridized carbons (Fsp3) is 0.238. The van der Waals surface area contributed by atoms with Crippen LogP contribution in [-0.2, 0) is 0 Å². The first-order chi connectivity index (χ1) is 14.0. The van der Waals surface area contributed by atoms with E-state index < -0.39 is 0 Å². The Bertz CT molecular complexity index is 1020. The smallest absolute Gasteiger partial charge is 0.248 e. The van der Waals surface area contributed by atoms with Crippen molar-refractivity contribution in [1.82, 2.24) is 9.97 Å². The largest absolute Gasteiger partial charge is 0.437 e. The number of piperazine rings is 1. The molecule has 0 bridgehead atoms. The minimum absolute atomic E-state index is 0.212. The highest BCUT2D eigenvalue weighted by Crippen LogP contribution is 2.33. The Labute approximate surface area is 173 Å². The van der Waals surface area contributed by atoms with Crippen molar-refractivity contribution < 1.29 is 9.13 Å². The van der Waals surface area contributed by atoms with Crippen LogP contribution in [0, 0.1) is 12.7 Å². The summed E-state index contributed by atoms with van der Waals surface area (Å²) in [4.78, 5) is 12.6. The summed E-state index contributed by atoms with van der Waals surface area (Å²) in [6.45, 7) is 4.55. The minimum Gasteiger partial charge on any atom is -0.437 e. The van der Waals surface area contributed by atoms with E-state index in [1.807, 2.05) is 24.0 Å². The van der Waals surface area contributed by atoms with Crippen LogP contribution in [-0.4, -0.2) is 36.1 Å². The molecule has 2 N–H and O–H groups in total. The lowest BCUT2D eigenvalue weighted by Gasteiger charge is -2.37. The second-order valence-electron chi connectivity index (χ2n) is 6.85. The number of nitrogens with two attached hydrogens (primary N) is 1. The number of ether oxygens (including phenoxy) is 1. The molecule has 0 radical (unpaired) electrons. The van der Waals surface area contributed by atoms with Crippen LogP contribution in [0.25, 0.3) is 0 Å². The third-order valence-corrected chi connectivity index (χ3v) is 5.37. The van der Waals surface area contributed by atoms with E-state index in [2.05, 4.69) is 14.9 Å². The van der Waals surface area contributed by atoms with E-state index in [9.17, 15) is 4.39 Å². The van der Waals surface area contributed by atoms with Gasteiger partial charge in [0.25, 0.3) is 0 Å². The predicted molar refractivity (Wildman–Crippen MR) is 114 cm³/mol. The van der Waals surface area contributed by atoms with Crippen molar-refractivity contribution in [2.45, 2.75) is 6.92 Å². The maximum absolute atomic E-state index is 14.1. The van der Waals surface area contributed by atoms with E-state index >= 15 is 0 Å². The number of benzene rings is 2. The van der Waals surface area contributed by atoms with Gasteiger partial charge in [-0.05, 0) is 42.8 Å². The molecule has 0 spiro atoms. The van der Waals surface area contributed by atoms with E-state index in [-0.39, 0.29) is 5.82 Å². The molecule has 6 nitrogen and oxygen atoms in total. The standard InChI is InChI=1S/C21H21ClFN5O/c1-14-12-15(6-7-16(14)22)29-21-19(24)20(25-13-26-21)28-10-8-27(9-11-28)18-5-3-2-4-17(18)23/h2-7,12-13H,8-11,24H2,1H3. The Morgan fingerprint density at radius 1 is 1.03 bits per heavy atom. The lowest BCUT2D eigenvalue weighted by molar-refractivity contribution is 0.463. The molecule has 8 heteroatoms. The molecular formula is C21H21ClFN5O. The topological polar surface area (TPSA) is 67.5 Å². The zero-order valence-corrected chi connectivity index (χ0v) is 16.7. The van der Waals surface area contributed by atoms with Gasteiger partial charge in [0.15, 0.2) is 5.82 Å². The number of nitrogen functional groups attached to an aromatic ring is 1. The SMILES string of the molecule is Cc1cc(Oc2ncnc(N3CCN(c4ccccc4F)CC3)c2N)ccc1Cl. The molecule has 1 fully saturated rings. The Morgan fingerprint density at radius 3 is 2.48 bits per heavy atom. The van der Waals surface area contributed by atoms with Crippen molar-refractivity contribution >= 4 is 28.8 Å². The molecule has 4 rings (SSSR count). The van der Waals surface area contributed by atoms with Crippen LogP contribution in [0.5, 0.6) is 11.6 Å². The monoisotopic (exact) mass is 413 g/mol. The highest BCUT2D eigenvalue weighted by atomic mass is 35.5. The van der Waals surface area contributed by atoms with E-state index in [1.165, 1.54) is 12.4 Å². The average molecular weight is 414 g/mol. The molecular weight excluding hydrogens is 393 g/mol. The van der Waals surface area contributed by atoms with Gasteiger partial charge in [-0.2, -0.15) is 4.98 Å². The van der Waals surface area contributed by atoms with Gasteiger partial charge in [0.2, 0.25) is 5.88 Å². The number of halogens is 2. The fourth-order valence-electron chi connectivity index (χ4n) is 3.36. The number of aryl methyl sites for hydroxylation is 1. The number of para-hydroxylation sites is 1. The van der Waals surface area contributed by atoms with E-state index in [0.29, 0.717) is 60.0 Å². The minimum atomic E-state index is -0.212. The summed E-state index contributed by atoms with van der Waals surface area (Å²) in [6.07, 6.45) is 1.44. The molecule has 0 atom stereocenters. The van der Waals surface area contributed by atoms with Gasteiger partial charge in [0.1, 0.15) is 23.6 Å². The Kier molecular flexibility index (Phi) is 5.40. The first-order valence-corrected chi connectivity index (χ1v) is 9.69. The van der Waals surface area contributed by atoms with Crippen molar-refractivity contribution in [2.24, 2.45) is 0 Å². The third kappa shape index (κ3) is 4.05. The van der Waals surface area contributed by atoms with Crippen LogP contribution < -0.4 is 20.3 Å². The molecule has 0 amide bonds. The summed E-state index contributed by atoms with van der Waals surface area (Å²) in [5.74, 6) is 1.31. The summed E-state index contributed by atoms with van der Waals surface area (Å²) in [7, 11) is 0. The molecule has 150 valence electrons. The third-order valence-electron chi connectivity index (χ3n) is 4.94. The summed E-state index contributed by atoms with van der Waals surface area (Å²) in [6, 6.07) is 12.2. The zero-order chi connectivity index (χ0) is 20.4. The first kappa shape index (κ1) is 19.3. The van der Waals surface area contributed by atoms with Crippen LogP contribution in [0.15, 0.2) is 48.8 Å². The molecule has 0 unspecified atom stereocenters. The summed E-state index contributed by atoms with van der Waals surface area (Å²) < 4.78 is 19.9. The van der Waals surface area contributed by atoms with Gasteiger partial charge in [-0.15, -0.1) is 0 Å². The number of aromatic nitrogens is 2. The number of nitrogens with zero attached hydrogens (tertiary/aromatic N) is 4. The Balaban J connectivity index is 1.49. The molecule has 1 saturated heterocycles. The Hall–Kier alpha value is -3.06. The van der Waals surface area contributed by atoms with Crippen LogP contribution in [0.2, 0.25) is 5.02 Å². The van der Waals surface area contributed by atoms with Gasteiger partial charge in [-0.3, -0.25) is 0 Å². The molecule has 2 aromatic carbocycles. The van der Waals surface area contributed by atoms with E-state index in [0.717, 1.165) is 5.56 Å². The molecule has 0 aliphatic carbocycles. The normalized spacial score (nSPS) is 14.2. The molecule has 2 heterocycles. The van der Waals surface area contributed by atoms with Crippen LogP contribution >= 0.6 is 11.6 Å². The number of hydrogen-bond donors (Lipinski definition) is 1. The molecule has 1 aromatic heterocycles. The molecule has 1 aliphatic heterocycles. The number of rotatable bonds is 4. The maximum Gasteiger partial charge on any atom is 0.248 e. The molecule has 29 heavy (non-hydrogen) atoms. The van der Waals surface area contributed by atoms with Gasteiger partial charge in [0.05, 0.1) is 5.69 Å². The highest BCUT2D eigenvalue weighted by molar-refractivity contribution is 6.31. The summed E-state index contributed by atoms with van der Waals surface area (Å²) in [5.41, 5.74) is 8.20. The highest BCUT2D eigenvalue weighted by Gasteiger charge is 2.23. The summed E-state index contributed by atoms with van der Waals surface area (Å²) >= 11 is 6.07. The predicted octanol–water partition coefficient (Wildman–Crippen LogP) is 4.28.